The SMILES string of the molecule is CC(=O)Oc1c(Br)c(O)c2c(=O)cc(-c3ccccc3)oc2c1Br. The summed E-state index contributed by atoms with van der Waals surface area (Å²) >= 11 is 6.43. The van der Waals surface area contributed by atoms with Gasteiger partial charge in [-0.05, 0) is 31.9 Å². The first-order chi connectivity index (χ1) is 11.4. The summed E-state index contributed by atoms with van der Waals surface area (Å²) < 4.78 is 11.2. The van der Waals surface area contributed by atoms with E-state index < -0.39 is 11.4 Å². The third-order valence-electron chi connectivity index (χ3n) is 3.29. The molecule has 0 atom stereocenters. The lowest BCUT2D eigenvalue weighted by atomic mass is 10.1. The van der Waals surface area contributed by atoms with Crippen LogP contribution in [0.5, 0.6) is 11.5 Å². The van der Waals surface area contributed by atoms with E-state index in [-0.39, 0.29) is 31.4 Å². The molecule has 3 rings (SSSR count). The van der Waals surface area contributed by atoms with Gasteiger partial charge in [-0.15, -0.1) is 0 Å². The number of phenols is 1. The number of phenolic OH excluding ortho intramolecular Hbond substituents is 1. The minimum atomic E-state index is -0.572. The second-order valence-electron chi connectivity index (χ2n) is 4.94. The molecule has 0 bridgehead atoms. The van der Waals surface area contributed by atoms with Crippen LogP contribution in [0.4, 0.5) is 0 Å². The van der Waals surface area contributed by atoms with Gasteiger partial charge in [-0.2, -0.15) is 0 Å². The van der Waals surface area contributed by atoms with Gasteiger partial charge in [-0.1, -0.05) is 30.3 Å². The van der Waals surface area contributed by atoms with Gasteiger partial charge >= 0.3 is 5.97 Å². The van der Waals surface area contributed by atoms with Gasteiger partial charge < -0.3 is 14.3 Å². The quantitative estimate of drug-likeness (QED) is 0.452. The molecule has 0 amide bonds. The van der Waals surface area contributed by atoms with E-state index in [0.717, 1.165) is 0 Å². The lowest BCUT2D eigenvalue weighted by molar-refractivity contribution is -0.131. The molecular formula is C17H10Br2O5. The molecule has 7 heteroatoms. The monoisotopic (exact) mass is 452 g/mol. The average molecular weight is 454 g/mol. The fourth-order valence-electron chi connectivity index (χ4n) is 2.27. The number of hydrogen-bond donors (Lipinski definition) is 1. The summed E-state index contributed by atoms with van der Waals surface area (Å²) in [5, 5.41) is 10.3. The Kier molecular flexibility index (Phi) is 4.47. The Bertz CT molecular complexity index is 1010. The molecule has 0 aliphatic rings. The van der Waals surface area contributed by atoms with Gasteiger partial charge in [0.05, 0.1) is 0 Å². The van der Waals surface area contributed by atoms with Crippen molar-refractivity contribution in [1.82, 2.24) is 0 Å². The maximum absolute atomic E-state index is 12.5. The second kappa shape index (κ2) is 6.41. The van der Waals surface area contributed by atoms with Crippen molar-refractivity contribution in [2.45, 2.75) is 6.92 Å². The van der Waals surface area contributed by atoms with Crippen LogP contribution in [0.1, 0.15) is 6.92 Å². The molecule has 1 heterocycles. The Morgan fingerprint density at radius 3 is 2.46 bits per heavy atom. The lowest BCUT2D eigenvalue weighted by Crippen LogP contribution is -2.06. The first-order valence-corrected chi connectivity index (χ1v) is 8.40. The Morgan fingerprint density at radius 1 is 1.17 bits per heavy atom. The van der Waals surface area contributed by atoms with Crippen molar-refractivity contribution in [2.75, 3.05) is 0 Å². The van der Waals surface area contributed by atoms with E-state index >= 15 is 0 Å². The van der Waals surface area contributed by atoms with Gasteiger partial charge in [-0.3, -0.25) is 9.59 Å². The van der Waals surface area contributed by atoms with Gasteiger partial charge in [0.2, 0.25) is 0 Å². The third kappa shape index (κ3) is 2.85. The molecule has 0 saturated heterocycles. The van der Waals surface area contributed by atoms with E-state index in [9.17, 15) is 14.7 Å². The molecule has 0 saturated carbocycles. The van der Waals surface area contributed by atoms with Crippen LogP contribution in [-0.4, -0.2) is 11.1 Å². The minimum absolute atomic E-state index is 0.00988. The van der Waals surface area contributed by atoms with E-state index in [4.69, 9.17) is 9.15 Å². The Labute approximate surface area is 153 Å². The highest BCUT2D eigenvalue weighted by Crippen LogP contribution is 2.46. The Hall–Kier alpha value is -2.12. The third-order valence-corrected chi connectivity index (χ3v) is 4.75. The number of ether oxygens (including phenoxy) is 1. The van der Waals surface area contributed by atoms with Crippen LogP contribution in [0, 0.1) is 0 Å². The van der Waals surface area contributed by atoms with Gasteiger partial charge in [0, 0.05) is 18.6 Å². The number of aromatic hydroxyl groups is 1. The normalized spacial score (nSPS) is 10.8. The fraction of sp³-hybridized carbons (Fsp3) is 0.0588. The zero-order valence-electron chi connectivity index (χ0n) is 12.3. The molecule has 0 aliphatic heterocycles. The predicted octanol–water partition coefficient (Wildman–Crippen LogP) is 4.62. The van der Waals surface area contributed by atoms with Gasteiger partial charge in [0.25, 0.3) is 0 Å². The standard InChI is InChI=1S/C17H10Br2O5/c1-8(20)23-17-13(18)15(22)12-10(21)7-11(24-16(12)14(17)19)9-5-3-2-4-6-9/h2-7,22H,1H3. The zero-order chi connectivity index (χ0) is 17.4. The van der Waals surface area contributed by atoms with Crippen LogP contribution in [0.25, 0.3) is 22.3 Å². The van der Waals surface area contributed by atoms with Crippen molar-refractivity contribution in [1.29, 1.82) is 0 Å². The minimum Gasteiger partial charge on any atom is -0.506 e. The predicted molar refractivity (Wildman–Crippen MR) is 96.3 cm³/mol. The first kappa shape index (κ1) is 16.7. The molecule has 0 fully saturated rings. The van der Waals surface area contributed by atoms with Crippen LogP contribution >= 0.6 is 31.9 Å². The molecule has 122 valence electrons. The van der Waals surface area contributed by atoms with E-state index in [1.165, 1.54) is 13.0 Å². The van der Waals surface area contributed by atoms with Gasteiger partial charge in [0.1, 0.15) is 25.8 Å². The van der Waals surface area contributed by atoms with Crippen molar-refractivity contribution in [3.8, 4) is 22.8 Å². The van der Waals surface area contributed by atoms with E-state index in [1.54, 1.807) is 12.1 Å². The number of benzene rings is 2. The maximum Gasteiger partial charge on any atom is 0.308 e. The number of esters is 1. The number of fused-ring (bicyclic) bond motifs is 1. The topological polar surface area (TPSA) is 76.7 Å². The molecule has 3 aromatic rings. The number of rotatable bonds is 2. The molecule has 0 unspecified atom stereocenters. The number of halogens is 2. The summed E-state index contributed by atoms with van der Waals surface area (Å²) in [7, 11) is 0. The van der Waals surface area contributed by atoms with Crippen LogP contribution in [0.15, 0.2) is 54.6 Å². The molecule has 0 aliphatic carbocycles. The summed E-state index contributed by atoms with van der Waals surface area (Å²) in [6.07, 6.45) is 0. The van der Waals surface area contributed by atoms with Crippen molar-refractivity contribution < 1.29 is 19.1 Å². The summed E-state index contributed by atoms with van der Waals surface area (Å²) in [5.74, 6) is -0.542. The smallest absolute Gasteiger partial charge is 0.308 e. The molecule has 0 spiro atoms. The average Bonchev–Trinajstić information content (AvgIpc) is 2.56. The van der Waals surface area contributed by atoms with Crippen LogP contribution < -0.4 is 10.2 Å². The zero-order valence-corrected chi connectivity index (χ0v) is 15.5. The maximum atomic E-state index is 12.5. The Morgan fingerprint density at radius 2 is 1.83 bits per heavy atom. The Balaban J connectivity index is 2.38. The highest BCUT2D eigenvalue weighted by Gasteiger charge is 2.23. The molecular weight excluding hydrogens is 444 g/mol. The first-order valence-electron chi connectivity index (χ1n) is 6.81. The largest absolute Gasteiger partial charge is 0.506 e. The van der Waals surface area contributed by atoms with Gasteiger partial charge in [0.15, 0.2) is 16.8 Å². The molecule has 2 aromatic carbocycles. The van der Waals surface area contributed by atoms with Crippen molar-refractivity contribution in [3.63, 3.8) is 0 Å². The van der Waals surface area contributed by atoms with E-state index in [2.05, 4.69) is 31.9 Å². The van der Waals surface area contributed by atoms with Crippen LogP contribution in [-0.2, 0) is 4.79 Å². The van der Waals surface area contributed by atoms with E-state index in [1.807, 2.05) is 18.2 Å². The van der Waals surface area contributed by atoms with Gasteiger partial charge in [-0.25, -0.2) is 0 Å². The highest BCUT2D eigenvalue weighted by atomic mass is 79.9. The number of carbonyl (C=O) groups excluding carboxylic acids is 1. The van der Waals surface area contributed by atoms with Crippen LogP contribution in [0.3, 0.4) is 0 Å². The lowest BCUT2D eigenvalue weighted by Gasteiger charge is -2.12. The number of hydrogen-bond acceptors (Lipinski definition) is 5. The fourth-order valence-corrected chi connectivity index (χ4v) is 3.57. The summed E-state index contributed by atoms with van der Waals surface area (Å²) in [6, 6.07) is 10.4. The number of carbonyl (C=O) groups is 1. The molecule has 1 N–H and O–H groups in total. The van der Waals surface area contributed by atoms with E-state index in [0.29, 0.717) is 11.3 Å². The summed E-state index contributed by atoms with van der Waals surface area (Å²) in [4.78, 5) is 23.7. The van der Waals surface area contributed by atoms with Crippen molar-refractivity contribution in [2.24, 2.45) is 0 Å². The highest BCUT2D eigenvalue weighted by molar-refractivity contribution is 9.11. The molecule has 1 aromatic heterocycles. The molecule has 5 nitrogen and oxygen atoms in total. The molecule has 0 radical (unpaired) electrons. The summed E-state index contributed by atoms with van der Waals surface area (Å²) in [5.41, 5.74) is 0.390. The van der Waals surface area contributed by atoms with Crippen LogP contribution in [0.2, 0.25) is 0 Å². The summed E-state index contributed by atoms with van der Waals surface area (Å²) in [6.45, 7) is 1.23. The van der Waals surface area contributed by atoms with Crippen molar-refractivity contribution >= 4 is 48.8 Å². The van der Waals surface area contributed by atoms with Crippen molar-refractivity contribution in [3.05, 3.63) is 55.6 Å². The second-order valence-corrected chi connectivity index (χ2v) is 6.53. The molecule has 24 heavy (non-hydrogen) atoms.